The van der Waals surface area contributed by atoms with E-state index in [9.17, 15) is 13.5 Å². The van der Waals surface area contributed by atoms with E-state index in [0.29, 0.717) is 10.2 Å². The maximum absolute atomic E-state index is 13.5. The normalized spacial score (nSPS) is 11.6. The first-order valence-electron chi connectivity index (χ1n) is 13.2. The third-order valence-corrected chi connectivity index (χ3v) is 7.67. The summed E-state index contributed by atoms with van der Waals surface area (Å²) in [5.41, 5.74) is 0.821. The Hall–Kier alpha value is -4.01. The number of hydrogen-bond acceptors (Lipinski definition) is 11. The Morgan fingerprint density at radius 1 is 0.930 bits per heavy atom. The topological polar surface area (TPSA) is 155 Å². The lowest BCUT2D eigenvalue weighted by Gasteiger charge is -2.20. The molecule has 0 bridgehead atoms. The van der Waals surface area contributed by atoms with Gasteiger partial charge in [-0.3, -0.25) is 4.72 Å². The molecule has 2 N–H and O–H groups in total. The second kappa shape index (κ2) is 14.0. The van der Waals surface area contributed by atoms with Crippen molar-refractivity contribution in [3.63, 3.8) is 0 Å². The van der Waals surface area contributed by atoms with Crippen molar-refractivity contribution in [3.05, 3.63) is 76.8 Å². The molecule has 0 fully saturated rings. The van der Waals surface area contributed by atoms with Crippen LogP contribution in [-0.4, -0.2) is 60.4 Å². The number of nitrogens with zero attached hydrogens (tertiary/aromatic N) is 4. The standard InChI is InChI=1S/C29H32BrN5O7S/c1-29(2,3)19-9-11-21(12-10-19)43(37,38)35-26-25(42-23-8-6-5-7-22(23)39-4)27(34-24(33-26)13-14-36)40-15-16-41-28-31-17-20(30)18-32-28/h5-12,17-18,36H,13-16H2,1-4H3,(H,33,34,35). The van der Waals surface area contributed by atoms with Crippen molar-refractivity contribution in [2.75, 3.05) is 31.7 Å². The Bertz CT molecular complexity index is 1630. The summed E-state index contributed by atoms with van der Waals surface area (Å²) in [4.78, 5) is 16.9. The minimum absolute atomic E-state index is 0.0245. The highest BCUT2D eigenvalue weighted by Crippen LogP contribution is 2.40. The minimum atomic E-state index is -4.13. The van der Waals surface area contributed by atoms with Gasteiger partial charge in [0.2, 0.25) is 5.75 Å². The van der Waals surface area contributed by atoms with Crippen LogP contribution in [0.4, 0.5) is 5.82 Å². The summed E-state index contributed by atoms with van der Waals surface area (Å²) in [6, 6.07) is 13.5. The van der Waals surface area contributed by atoms with Crippen LogP contribution in [0.5, 0.6) is 29.1 Å². The number of benzene rings is 2. The Balaban J connectivity index is 1.69. The molecule has 2 aromatic carbocycles. The van der Waals surface area contributed by atoms with Crippen LogP contribution in [-0.2, 0) is 21.9 Å². The summed E-state index contributed by atoms with van der Waals surface area (Å²) in [5, 5.41) is 9.59. The smallest absolute Gasteiger partial charge is 0.316 e. The quantitative estimate of drug-likeness (QED) is 0.186. The van der Waals surface area contributed by atoms with Gasteiger partial charge < -0.3 is 24.1 Å². The van der Waals surface area contributed by atoms with Crippen molar-refractivity contribution >= 4 is 31.8 Å². The van der Waals surface area contributed by atoms with E-state index in [0.717, 1.165) is 5.56 Å². The number of rotatable bonds is 13. The molecule has 14 heteroatoms. The third kappa shape index (κ3) is 8.52. The van der Waals surface area contributed by atoms with Crippen molar-refractivity contribution in [3.8, 4) is 29.1 Å². The van der Waals surface area contributed by atoms with Gasteiger partial charge >= 0.3 is 6.01 Å². The van der Waals surface area contributed by atoms with Crippen molar-refractivity contribution in [1.82, 2.24) is 19.9 Å². The van der Waals surface area contributed by atoms with E-state index in [-0.39, 0.29) is 71.6 Å². The van der Waals surface area contributed by atoms with Crippen LogP contribution < -0.4 is 23.7 Å². The Kier molecular flexibility index (Phi) is 10.4. The van der Waals surface area contributed by atoms with Gasteiger partial charge in [-0.25, -0.2) is 23.4 Å². The van der Waals surface area contributed by atoms with Crippen LogP contribution in [0.1, 0.15) is 32.2 Å². The second-order valence-electron chi connectivity index (χ2n) is 10.1. The highest BCUT2D eigenvalue weighted by atomic mass is 79.9. The van der Waals surface area contributed by atoms with Crippen LogP contribution in [0.2, 0.25) is 0 Å². The van der Waals surface area contributed by atoms with E-state index >= 15 is 0 Å². The number of sulfonamides is 1. The van der Waals surface area contributed by atoms with Crippen molar-refractivity contribution in [2.45, 2.75) is 37.5 Å². The van der Waals surface area contributed by atoms with E-state index in [4.69, 9.17) is 18.9 Å². The van der Waals surface area contributed by atoms with E-state index < -0.39 is 10.0 Å². The molecule has 0 aliphatic heterocycles. The van der Waals surface area contributed by atoms with E-state index in [1.165, 1.54) is 19.2 Å². The van der Waals surface area contributed by atoms with Crippen LogP contribution in [0.25, 0.3) is 0 Å². The molecule has 4 aromatic rings. The predicted octanol–water partition coefficient (Wildman–Crippen LogP) is 4.92. The number of aliphatic hydroxyl groups is 1. The molecule has 0 radical (unpaired) electrons. The van der Waals surface area contributed by atoms with Gasteiger partial charge in [-0.05, 0) is 51.2 Å². The van der Waals surface area contributed by atoms with Gasteiger partial charge in [0.15, 0.2) is 17.3 Å². The van der Waals surface area contributed by atoms with E-state index in [2.05, 4.69) is 40.6 Å². The fraction of sp³-hybridized carbons (Fsp3) is 0.310. The number of methoxy groups -OCH3 is 1. The lowest BCUT2D eigenvalue weighted by atomic mass is 9.87. The molecule has 0 saturated heterocycles. The molecule has 0 unspecified atom stereocenters. The number of ether oxygens (including phenoxy) is 4. The van der Waals surface area contributed by atoms with E-state index in [1.807, 2.05) is 20.8 Å². The van der Waals surface area contributed by atoms with Crippen molar-refractivity contribution in [1.29, 1.82) is 0 Å². The van der Waals surface area contributed by atoms with Crippen LogP contribution in [0.3, 0.4) is 0 Å². The summed E-state index contributed by atoms with van der Waals surface area (Å²) in [7, 11) is -2.65. The molecular weight excluding hydrogens is 642 g/mol. The summed E-state index contributed by atoms with van der Waals surface area (Å²) >= 11 is 3.27. The highest BCUT2D eigenvalue weighted by Gasteiger charge is 2.25. The van der Waals surface area contributed by atoms with Gasteiger partial charge in [-0.2, -0.15) is 4.98 Å². The first kappa shape index (κ1) is 31.9. The fourth-order valence-corrected chi connectivity index (χ4v) is 4.93. The molecule has 0 aliphatic rings. The molecule has 0 aliphatic carbocycles. The van der Waals surface area contributed by atoms with E-state index in [1.54, 1.807) is 48.8 Å². The summed E-state index contributed by atoms with van der Waals surface area (Å²) in [6.07, 6.45) is 3.12. The molecule has 4 rings (SSSR count). The monoisotopic (exact) mass is 673 g/mol. The number of nitrogens with one attached hydrogen (secondary N) is 1. The number of anilines is 1. The molecule has 2 aromatic heterocycles. The molecule has 2 heterocycles. The lowest BCUT2D eigenvalue weighted by molar-refractivity contribution is 0.196. The molecule has 228 valence electrons. The Morgan fingerprint density at radius 2 is 1.58 bits per heavy atom. The molecular formula is C29H32BrN5O7S. The van der Waals surface area contributed by atoms with Gasteiger partial charge in [0.1, 0.15) is 19.0 Å². The number of aliphatic hydroxyl groups excluding tert-OH is 1. The van der Waals surface area contributed by atoms with Crippen LogP contribution in [0.15, 0.2) is 70.3 Å². The summed E-state index contributed by atoms with van der Waals surface area (Å²) < 4.78 is 53.3. The summed E-state index contributed by atoms with van der Waals surface area (Å²) in [5.74, 6) is 0.406. The molecule has 43 heavy (non-hydrogen) atoms. The zero-order chi connectivity index (χ0) is 31.0. The molecule has 12 nitrogen and oxygen atoms in total. The largest absolute Gasteiger partial charge is 0.493 e. The lowest BCUT2D eigenvalue weighted by Crippen LogP contribution is -2.18. The number of para-hydroxylation sites is 2. The maximum Gasteiger partial charge on any atom is 0.316 e. The average Bonchev–Trinajstić information content (AvgIpc) is 2.97. The van der Waals surface area contributed by atoms with Gasteiger partial charge in [-0.15, -0.1) is 0 Å². The van der Waals surface area contributed by atoms with Crippen molar-refractivity contribution in [2.24, 2.45) is 0 Å². The SMILES string of the molecule is COc1ccccc1Oc1c(NS(=O)(=O)c2ccc(C(C)(C)C)cc2)nc(CCO)nc1OCCOc1ncc(Br)cn1. The predicted molar refractivity (Wildman–Crippen MR) is 163 cm³/mol. The number of aromatic nitrogens is 4. The zero-order valence-corrected chi connectivity index (χ0v) is 26.5. The van der Waals surface area contributed by atoms with Gasteiger partial charge in [0, 0.05) is 18.8 Å². The number of halogens is 1. The number of hydrogen-bond donors (Lipinski definition) is 2. The Labute approximate surface area is 258 Å². The first-order chi connectivity index (χ1) is 20.5. The minimum Gasteiger partial charge on any atom is -0.493 e. The highest BCUT2D eigenvalue weighted by molar-refractivity contribution is 9.10. The molecule has 0 saturated carbocycles. The van der Waals surface area contributed by atoms with Crippen LogP contribution in [0, 0.1) is 0 Å². The summed E-state index contributed by atoms with van der Waals surface area (Å²) in [6.45, 7) is 5.85. The average molecular weight is 675 g/mol. The van der Waals surface area contributed by atoms with Gasteiger partial charge in [0.05, 0.1) is 23.1 Å². The van der Waals surface area contributed by atoms with Gasteiger partial charge in [0.25, 0.3) is 15.9 Å². The second-order valence-corrected chi connectivity index (χ2v) is 12.7. The Morgan fingerprint density at radius 3 is 2.21 bits per heavy atom. The van der Waals surface area contributed by atoms with Gasteiger partial charge in [-0.1, -0.05) is 45.0 Å². The third-order valence-electron chi connectivity index (χ3n) is 5.91. The molecule has 0 atom stereocenters. The maximum atomic E-state index is 13.5. The zero-order valence-electron chi connectivity index (χ0n) is 24.1. The van der Waals surface area contributed by atoms with Crippen LogP contribution >= 0.6 is 15.9 Å². The fourth-order valence-electron chi connectivity index (χ4n) is 3.72. The molecule has 0 spiro atoms. The van der Waals surface area contributed by atoms with Crippen molar-refractivity contribution < 1.29 is 32.5 Å². The first-order valence-corrected chi connectivity index (χ1v) is 15.5. The molecule has 0 amide bonds.